The predicted molar refractivity (Wildman–Crippen MR) is 86.5 cm³/mol. The van der Waals surface area contributed by atoms with Gasteiger partial charge in [0, 0.05) is 12.4 Å². The summed E-state index contributed by atoms with van der Waals surface area (Å²) in [6, 6.07) is 17.8. The zero-order valence-corrected chi connectivity index (χ0v) is 11.8. The van der Waals surface area contributed by atoms with Crippen LogP contribution in [0.5, 0.6) is 5.88 Å². The van der Waals surface area contributed by atoms with Gasteiger partial charge in [-0.3, -0.25) is 0 Å². The first-order chi connectivity index (χ1) is 10.3. The summed E-state index contributed by atoms with van der Waals surface area (Å²) in [5.74, 6) is 0.460. The molecule has 0 aliphatic rings. The number of aromatic nitrogens is 1. The molecule has 2 aromatic carbocycles. The summed E-state index contributed by atoms with van der Waals surface area (Å²) in [6.07, 6.45) is 0. The first-order valence-corrected chi connectivity index (χ1v) is 6.82. The topological polar surface area (TPSA) is 60.2 Å². The minimum absolute atomic E-state index is 0.444. The molecule has 0 fully saturated rings. The van der Waals surface area contributed by atoms with E-state index in [1.54, 1.807) is 0 Å². The van der Waals surface area contributed by atoms with Crippen LogP contribution >= 0.6 is 0 Å². The van der Waals surface area contributed by atoms with Crippen molar-refractivity contribution in [2.24, 2.45) is 0 Å². The minimum Gasteiger partial charge on any atom is -0.471 e. The summed E-state index contributed by atoms with van der Waals surface area (Å²) in [6.45, 7) is 0.444. The second-order valence-electron chi connectivity index (χ2n) is 4.75. The van der Waals surface area contributed by atoms with Crippen molar-refractivity contribution in [3.8, 4) is 5.88 Å². The quantitative estimate of drug-likeness (QED) is 0.768. The molecule has 0 atom stereocenters. The molecule has 0 amide bonds. The molecule has 0 spiro atoms. The predicted octanol–water partition coefficient (Wildman–Crippen LogP) is 3.44. The number of ether oxygens (including phenoxy) is 1. The van der Waals surface area contributed by atoms with Crippen LogP contribution in [0.25, 0.3) is 10.9 Å². The van der Waals surface area contributed by atoms with Gasteiger partial charge in [-0.1, -0.05) is 48.5 Å². The number of nitrogens with two attached hydrogens (primary N) is 1. The number of hydrogen-bond donors (Lipinski definition) is 2. The van der Waals surface area contributed by atoms with Crippen LogP contribution in [0, 0.1) is 0 Å². The molecular weight excluding hydrogens is 262 g/mol. The first kappa shape index (κ1) is 13.2. The Morgan fingerprint density at radius 2 is 1.76 bits per heavy atom. The lowest BCUT2D eigenvalue weighted by molar-refractivity contribution is 0.297. The van der Waals surface area contributed by atoms with Gasteiger partial charge >= 0.3 is 0 Å². The van der Waals surface area contributed by atoms with Crippen molar-refractivity contribution >= 4 is 22.3 Å². The highest BCUT2D eigenvalue weighted by atomic mass is 16.5. The van der Waals surface area contributed by atoms with Gasteiger partial charge in [0.05, 0.1) is 11.2 Å². The number of para-hydroxylation sites is 1. The van der Waals surface area contributed by atoms with Crippen LogP contribution < -0.4 is 15.8 Å². The van der Waals surface area contributed by atoms with Gasteiger partial charge in [0.1, 0.15) is 12.3 Å². The van der Waals surface area contributed by atoms with Crippen molar-refractivity contribution in [3.05, 3.63) is 60.2 Å². The van der Waals surface area contributed by atoms with Crippen molar-refractivity contribution < 1.29 is 4.74 Å². The van der Waals surface area contributed by atoms with Crippen LogP contribution in [0.4, 0.5) is 11.4 Å². The third-order valence-corrected chi connectivity index (χ3v) is 3.36. The number of benzene rings is 2. The van der Waals surface area contributed by atoms with E-state index in [-0.39, 0.29) is 0 Å². The summed E-state index contributed by atoms with van der Waals surface area (Å²) < 4.78 is 5.80. The summed E-state index contributed by atoms with van der Waals surface area (Å²) in [5, 5.41) is 4.12. The third kappa shape index (κ3) is 2.60. The van der Waals surface area contributed by atoms with E-state index in [2.05, 4.69) is 10.3 Å². The van der Waals surface area contributed by atoms with Crippen molar-refractivity contribution in [1.29, 1.82) is 0 Å². The lowest BCUT2D eigenvalue weighted by Crippen LogP contribution is -2.05. The maximum atomic E-state index is 6.17. The van der Waals surface area contributed by atoms with Gasteiger partial charge in [-0.15, -0.1) is 0 Å². The highest BCUT2D eigenvalue weighted by Gasteiger charge is 2.12. The molecule has 3 aromatic rings. The average Bonchev–Trinajstić information content (AvgIpc) is 2.54. The summed E-state index contributed by atoms with van der Waals surface area (Å²) in [4.78, 5) is 4.51. The smallest absolute Gasteiger partial charge is 0.240 e. The summed E-state index contributed by atoms with van der Waals surface area (Å²) in [5.41, 5.74) is 9.50. The molecule has 1 heterocycles. The Labute approximate surface area is 123 Å². The van der Waals surface area contributed by atoms with Gasteiger partial charge in [-0.2, -0.15) is 0 Å². The van der Waals surface area contributed by atoms with E-state index >= 15 is 0 Å². The van der Waals surface area contributed by atoms with Crippen LogP contribution in [-0.2, 0) is 6.61 Å². The highest BCUT2D eigenvalue weighted by molar-refractivity contribution is 5.98. The number of fused-ring (bicyclic) bond motifs is 1. The summed E-state index contributed by atoms with van der Waals surface area (Å²) >= 11 is 0. The van der Waals surface area contributed by atoms with Crippen LogP contribution in [0.1, 0.15) is 5.56 Å². The van der Waals surface area contributed by atoms with Gasteiger partial charge in [-0.05, 0) is 11.6 Å². The van der Waals surface area contributed by atoms with Crippen molar-refractivity contribution in [3.63, 3.8) is 0 Å². The fourth-order valence-corrected chi connectivity index (χ4v) is 2.31. The molecule has 0 radical (unpaired) electrons. The average molecular weight is 279 g/mol. The zero-order chi connectivity index (χ0) is 14.7. The molecule has 4 nitrogen and oxygen atoms in total. The van der Waals surface area contributed by atoms with Crippen LogP contribution in [0.3, 0.4) is 0 Å². The fourth-order valence-electron chi connectivity index (χ4n) is 2.31. The van der Waals surface area contributed by atoms with Gasteiger partial charge < -0.3 is 15.8 Å². The molecular formula is C17H17N3O. The second kappa shape index (κ2) is 5.71. The Balaban J connectivity index is 1.97. The third-order valence-electron chi connectivity index (χ3n) is 3.36. The number of hydrogen-bond acceptors (Lipinski definition) is 4. The molecule has 3 rings (SSSR count). The van der Waals surface area contributed by atoms with E-state index in [0.29, 0.717) is 18.2 Å². The van der Waals surface area contributed by atoms with Crippen LogP contribution in [0.15, 0.2) is 54.6 Å². The van der Waals surface area contributed by atoms with Crippen molar-refractivity contribution in [1.82, 2.24) is 4.98 Å². The molecule has 4 heteroatoms. The Kier molecular flexibility index (Phi) is 3.60. The van der Waals surface area contributed by atoms with Gasteiger partial charge in [0.15, 0.2) is 0 Å². The normalized spacial score (nSPS) is 10.5. The van der Waals surface area contributed by atoms with Crippen LogP contribution in [0.2, 0.25) is 0 Å². The number of rotatable bonds is 4. The molecule has 3 N–H and O–H groups in total. The minimum atomic E-state index is 0.444. The van der Waals surface area contributed by atoms with Gasteiger partial charge in [-0.25, -0.2) is 4.98 Å². The molecule has 0 aliphatic carbocycles. The first-order valence-electron chi connectivity index (χ1n) is 6.82. The van der Waals surface area contributed by atoms with Crippen molar-refractivity contribution in [2.75, 3.05) is 18.1 Å². The van der Waals surface area contributed by atoms with E-state index in [1.807, 2.05) is 61.6 Å². The van der Waals surface area contributed by atoms with E-state index in [9.17, 15) is 0 Å². The van der Waals surface area contributed by atoms with Gasteiger partial charge in [0.2, 0.25) is 5.88 Å². The lowest BCUT2D eigenvalue weighted by atomic mass is 10.1. The molecule has 1 aromatic heterocycles. The van der Waals surface area contributed by atoms with E-state index in [1.165, 1.54) is 0 Å². The largest absolute Gasteiger partial charge is 0.471 e. The lowest BCUT2D eigenvalue weighted by Gasteiger charge is -2.14. The Bertz CT molecular complexity index is 757. The number of nitrogen functional groups attached to an aromatic ring is 1. The number of pyridine rings is 1. The standard InChI is InChI=1S/C17H17N3O/c1-19-16-13-9-5-6-10-14(13)20-17(15(16)18)21-11-12-7-3-2-4-8-12/h2-10H,11,18H2,1H3,(H,19,20). The highest BCUT2D eigenvalue weighted by Crippen LogP contribution is 2.34. The molecule has 21 heavy (non-hydrogen) atoms. The van der Waals surface area contributed by atoms with Gasteiger partial charge in [0.25, 0.3) is 0 Å². The molecule has 0 aliphatic heterocycles. The Morgan fingerprint density at radius 3 is 2.52 bits per heavy atom. The Hall–Kier alpha value is -2.75. The number of anilines is 2. The SMILES string of the molecule is CNc1c(N)c(OCc2ccccc2)nc2ccccc12. The maximum Gasteiger partial charge on any atom is 0.240 e. The monoisotopic (exact) mass is 279 g/mol. The molecule has 0 bridgehead atoms. The van der Waals surface area contributed by atoms with Crippen LogP contribution in [-0.4, -0.2) is 12.0 Å². The second-order valence-corrected chi connectivity index (χ2v) is 4.75. The number of nitrogens with one attached hydrogen (secondary N) is 1. The van der Waals surface area contributed by atoms with E-state index < -0.39 is 0 Å². The van der Waals surface area contributed by atoms with Crippen molar-refractivity contribution in [2.45, 2.75) is 6.61 Å². The fraction of sp³-hybridized carbons (Fsp3) is 0.118. The van der Waals surface area contributed by atoms with E-state index in [4.69, 9.17) is 10.5 Å². The molecule has 0 saturated heterocycles. The zero-order valence-electron chi connectivity index (χ0n) is 11.8. The molecule has 106 valence electrons. The van der Waals surface area contributed by atoms with E-state index in [0.717, 1.165) is 22.2 Å². The maximum absolute atomic E-state index is 6.17. The molecule has 0 saturated carbocycles. The molecule has 0 unspecified atom stereocenters. The Morgan fingerprint density at radius 1 is 1.05 bits per heavy atom. The number of nitrogens with zero attached hydrogens (tertiary/aromatic N) is 1. The summed E-state index contributed by atoms with van der Waals surface area (Å²) in [7, 11) is 1.85.